The van der Waals surface area contributed by atoms with Gasteiger partial charge in [0.15, 0.2) is 18.1 Å². The first-order valence-electron chi connectivity index (χ1n) is 11.2. The van der Waals surface area contributed by atoms with Gasteiger partial charge in [0, 0.05) is 16.9 Å². The molecular weight excluding hydrogens is 435 g/mol. The Bertz CT molecular complexity index is 1170. The van der Waals surface area contributed by atoms with Gasteiger partial charge in [-0.3, -0.25) is 9.59 Å². The standard InChI is InChI=1S/C27H27FN2O4/c1-33-23-13-4-5-14-24(23)34-18-25(31)29-19-9-8-10-20(17-19)30-26(32)27(15-6-7-16-27)21-11-2-3-12-22(21)28/h2-5,8-14,17H,6-7,15-16,18H2,1H3,(H,29,31)(H,30,32). The van der Waals surface area contributed by atoms with Crippen LogP contribution in [0.25, 0.3) is 0 Å². The first-order chi connectivity index (χ1) is 16.5. The van der Waals surface area contributed by atoms with Crippen molar-refractivity contribution in [3.63, 3.8) is 0 Å². The summed E-state index contributed by atoms with van der Waals surface area (Å²) in [4.78, 5) is 25.7. The average Bonchev–Trinajstić information content (AvgIpc) is 3.34. The molecule has 0 heterocycles. The van der Waals surface area contributed by atoms with E-state index in [0.717, 1.165) is 12.8 Å². The van der Waals surface area contributed by atoms with Crippen molar-refractivity contribution in [3.8, 4) is 11.5 Å². The first-order valence-corrected chi connectivity index (χ1v) is 11.2. The summed E-state index contributed by atoms with van der Waals surface area (Å²) in [6.07, 6.45) is 2.92. The van der Waals surface area contributed by atoms with E-state index in [9.17, 15) is 14.0 Å². The molecule has 7 heteroatoms. The monoisotopic (exact) mass is 462 g/mol. The van der Waals surface area contributed by atoms with Crippen LogP contribution in [-0.2, 0) is 15.0 Å². The summed E-state index contributed by atoms with van der Waals surface area (Å²) >= 11 is 0. The fraction of sp³-hybridized carbons (Fsp3) is 0.259. The van der Waals surface area contributed by atoms with E-state index >= 15 is 0 Å². The Balaban J connectivity index is 1.42. The highest BCUT2D eigenvalue weighted by molar-refractivity contribution is 6.00. The number of benzene rings is 3. The van der Waals surface area contributed by atoms with E-state index in [2.05, 4.69) is 10.6 Å². The highest BCUT2D eigenvalue weighted by Crippen LogP contribution is 2.43. The molecule has 0 atom stereocenters. The molecule has 3 aromatic carbocycles. The van der Waals surface area contributed by atoms with Crippen molar-refractivity contribution < 1.29 is 23.5 Å². The Hall–Kier alpha value is -3.87. The summed E-state index contributed by atoms with van der Waals surface area (Å²) < 4.78 is 25.4. The van der Waals surface area contributed by atoms with E-state index in [4.69, 9.17) is 9.47 Å². The minimum absolute atomic E-state index is 0.201. The molecule has 6 nitrogen and oxygen atoms in total. The SMILES string of the molecule is COc1ccccc1OCC(=O)Nc1cccc(NC(=O)C2(c3ccccc3F)CCCC2)c1. The van der Waals surface area contributed by atoms with Gasteiger partial charge in [0.25, 0.3) is 5.91 Å². The number of hydrogen-bond acceptors (Lipinski definition) is 4. The molecule has 2 N–H and O–H groups in total. The molecule has 34 heavy (non-hydrogen) atoms. The maximum atomic E-state index is 14.6. The molecule has 0 bridgehead atoms. The van der Waals surface area contributed by atoms with Crippen LogP contribution in [0.4, 0.5) is 15.8 Å². The third-order valence-electron chi connectivity index (χ3n) is 6.11. The lowest BCUT2D eigenvalue weighted by Gasteiger charge is -2.28. The van der Waals surface area contributed by atoms with Gasteiger partial charge in [-0.25, -0.2) is 4.39 Å². The lowest BCUT2D eigenvalue weighted by atomic mass is 9.77. The fourth-order valence-corrected chi connectivity index (χ4v) is 4.45. The van der Waals surface area contributed by atoms with Gasteiger partial charge < -0.3 is 20.1 Å². The lowest BCUT2D eigenvalue weighted by Crippen LogP contribution is -2.38. The molecule has 176 valence electrons. The zero-order valence-electron chi connectivity index (χ0n) is 19.0. The van der Waals surface area contributed by atoms with Crippen molar-refractivity contribution in [3.05, 3.63) is 84.2 Å². The predicted molar refractivity (Wildman–Crippen MR) is 129 cm³/mol. The van der Waals surface area contributed by atoms with Crippen molar-refractivity contribution in [1.82, 2.24) is 0 Å². The summed E-state index contributed by atoms with van der Waals surface area (Å²) in [7, 11) is 1.53. The number of para-hydroxylation sites is 2. The number of carbonyl (C=O) groups excluding carboxylic acids is 2. The van der Waals surface area contributed by atoms with Crippen molar-refractivity contribution in [1.29, 1.82) is 0 Å². The summed E-state index contributed by atoms with van der Waals surface area (Å²) in [5.41, 5.74) is 0.574. The van der Waals surface area contributed by atoms with Crippen LogP contribution in [-0.4, -0.2) is 25.5 Å². The Morgan fingerprint density at radius 2 is 1.53 bits per heavy atom. The Labute approximate surface area is 198 Å². The third-order valence-corrected chi connectivity index (χ3v) is 6.11. The van der Waals surface area contributed by atoms with E-state index in [1.165, 1.54) is 13.2 Å². The van der Waals surface area contributed by atoms with Crippen LogP contribution >= 0.6 is 0 Å². The molecule has 3 aromatic rings. The Morgan fingerprint density at radius 1 is 0.882 bits per heavy atom. The summed E-state index contributed by atoms with van der Waals surface area (Å²) in [6.45, 7) is -0.201. The molecule has 4 rings (SSSR count). The zero-order chi connectivity index (χ0) is 24.0. The van der Waals surface area contributed by atoms with Crippen molar-refractivity contribution in [2.24, 2.45) is 0 Å². The van der Waals surface area contributed by atoms with Gasteiger partial charge in [0.05, 0.1) is 12.5 Å². The Morgan fingerprint density at radius 3 is 2.24 bits per heavy atom. The summed E-state index contributed by atoms with van der Waals surface area (Å²) in [5.74, 6) is 0.0496. The Kier molecular flexibility index (Phi) is 7.11. The second kappa shape index (κ2) is 10.4. The van der Waals surface area contributed by atoms with Crippen molar-refractivity contribution in [2.45, 2.75) is 31.1 Å². The van der Waals surface area contributed by atoms with E-state index in [-0.39, 0.29) is 24.2 Å². The van der Waals surface area contributed by atoms with Gasteiger partial charge in [-0.1, -0.05) is 49.2 Å². The van der Waals surface area contributed by atoms with Crippen LogP contribution in [0.5, 0.6) is 11.5 Å². The second-order valence-corrected chi connectivity index (χ2v) is 8.29. The van der Waals surface area contributed by atoms with Crippen molar-refractivity contribution >= 4 is 23.2 Å². The normalized spacial score (nSPS) is 14.3. The lowest BCUT2D eigenvalue weighted by molar-refractivity contribution is -0.121. The predicted octanol–water partition coefficient (Wildman–Crippen LogP) is 5.30. The zero-order valence-corrected chi connectivity index (χ0v) is 19.0. The second-order valence-electron chi connectivity index (χ2n) is 8.29. The van der Waals surface area contributed by atoms with Gasteiger partial charge in [0.2, 0.25) is 5.91 Å². The maximum absolute atomic E-state index is 14.6. The number of hydrogen-bond donors (Lipinski definition) is 2. The average molecular weight is 463 g/mol. The van der Waals surface area contributed by atoms with Crippen LogP contribution < -0.4 is 20.1 Å². The van der Waals surface area contributed by atoms with Crippen LogP contribution in [0.3, 0.4) is 0 Å². The number of methoxy groups -OCH3 is 1. The molecule has 0 aromatic heterocycles. The number of amides is 2. The molecule has 1 fully saturated rings. The van der Waals surface area contributed by atoms with E-state index in [0.29, 0.717) is 41.3 Å². The molecule has 0 unspecified atom stereocenters. The minimum Gasteiger partial charge on any atom is -0.493 e. The molecule has 1 aliphatic rings. The van der Waals surface area contributed by atoms with Gasteiger partial charge in [-0.2, -0.15) is 0 Å². The van der Waals surface area contributed by atoms with E-state index < -0.39 is 5.41 Å². The quantitative estimate of drug-likeness (QED) is 0.476. The van der Waals surface area contributed by atoms with Gasteiger partial charge in [-0.15, -0.1) is 0 Å². The molecule has 2 amide bonds. The highest BCUT2D eigenvalue weighted by Gasteiger charge is 2.44. The number of ether oxygens (including phenoxy) is 2. The fourth-order valence-electron chi connectivity index (χ4n) is 4.45. The van der Waals surface area contributed by atoms with Gasteiger partial charge in [0.1, 0.15) is 5.82 Å². The first kappa shape index (κ1) is 23.3. The van der Waals surface area contributed by atoms with E-state index in [1.54, 1.807) is 60.7 Å². The van der Waals surface area contributed by atoms with Crippen molar-refractivity contribution in [2.75, 3.05) is 24.4 Å². The number of anilines is 2. The number of halogens is 1. The van der Waals surface area contributed by atoms with Gasteiger partial charge in [-0.05, 0) is 49.2 Å². The number of rotatable bonds is 8. The molecule has 1 saturated carbocycles. The van der Waals surface area contributed by atoms with Gasteiger partial charge >= 0.3 is 0 Å². The summed E-state index contributed by atoms with van der Waals surface area (Å²) in [6, 6.07) is 20.4. The smallest absolute Gasteiger partial charge is 0.262 e. The van der Waals surface area contributed by atoms with E-state index in [1.807, 2.05) is 6.07 Å². The van der Waals surface area contributed by atoms with Crippen LogP contribution in [0.2, 0.25) is 0 Å². The molecule has 0 spiro atoms. The summed E-state index contributed by atoms with van der Waals surface area (Å²) in [5, 5.41) is 5.70. The van der Waals surface area contributed by atoms with Crippen LogP contribution in [0, 0.1) is 5.82 Å². The largest absolute Gasteiger partial charge is 0.493 e. The minimum atomic E-state index is -0.896. The molecule has 1 aliphatic carbocycles. The molecule has 0 aliphatic heterocycles. The highest BCUT2D eigenvalue weighted by atomic mass is 19.1. The van der Waals surface area contributed by atoms with Crippen LogP contribution in [0.1, 0.15) is 31.2 Å². The molecule has 0 radical (unpaired) electrons. The topological polar surface area (TPSA) is 76.7 Å². The number of nitrogens with one attached hydrogen (secondary N) is 2. The maximum Gasteiger partial charge on any atom is 0.262 e. The molecular formula is C27H27FN2O4. The molecule has 0 saturated heterocycles. The third kappa shape index (κ3) is 5.03. The van der Waals surface area contributed by atoms with Crippen LogP contribution in [0.15, 0.2) is 72.8 Å². The number of carbonyl (C=O) groups is 2.